The first-order valence-electron chi connectivity index (χ1n) is 6.25. The van der Waals surface area contributed by atoms with Crippen molar-refractivity contribution in [1.29, 1.82) is 0 Å². The lowest BCUT2D eigenvalue weighted by molar-refractivity contribution is 0.0954. The van der Waals surface area contributed by atoms with E-state index in [0.717, 1.165) is 6.26 Å². The fraction of sp³-hybridized carbons (Fsp3) is 0.462. The van der Waals surface area contributed by atoms with Crippen LogP contribution in [-0.4, -0.2) is 39.4 Å². The molecule has 0 aromatic heterocycles. The Hall–Kier alpha value is -1.41. The summed E-state index contributed by atoms with van der Waals surface area (Å²) in [5.74, 6) is -0.593. The van der Waals surface area contributed by atoms with Gasteiger partial charge in [-0.1, -0.05) is 0 Å². The summed E-state index contributed by atoms with van der Waals surface area (Å²) in [6, 6.07) is 5.67. The van der Waals surface area contributed by atoms with Crippen LogP contribution in [0.2, 0.25) is 0 Å². The number of nitrogens with one attached hydrogen (secondary N) is 1. The van der Waals surface area contributed by atoms with Crippen LogP contribution in [0.3, 0.4) is 0 Å². The van der Waals surface area contributed by atoms with Crippen molar-refractivity contribution >= 4 is 31.3 Å². The van der Waals surface area contributed by atoms with Gasteiger partial charge >= 0.3 is 0 Å². The van der Waals surface area contributed by atoms with Crippen LogP contribution in [0.5, 0.6) is 0 Å². The maximum Gasteiger partial charge on any atom is 0.232 e. The van der Waals surface area contributed by atoms with Gasteiger partial charge in [-0.2, -0.15) is 0 Å². The Bertz CT molecular complexity index is 731. The van der Waals surface area contributed by atoms with Gasteiger partial charge in [0.1, 0.15) is 4.75 Å². The van der Waals surface area contributed by atoms with E-state index in [1.807, 2.05) is 0 Å². The van der Waals surface area contributed by atoms with E-state index >= 15 is 0 Å². The van der Waals surface area contributed by atoms with Crippen molar-refractivity contribution in [2.45, 2.75) is 25.5 Å². The number of rotatable bonds is 6. The molecule has 0 bridgehead atoms. The molecule has 0 aliphatic heterocycles. The Morgan fingerprint density at radius 2 is 1.57 bits per heavy atom. The molecule has 0 spiro atoms. The molecule has 0 saturated carbocycles. The molecular weight excluding hydrogens is 314 g/mol. The van der Waals surface area contributed by atoms with Crippen LogP contribution < -0.4 is 4.72 Å². The van der Waals surface area contributed by atoms with E-state index in [-0.39, 0.29) is 11.3 Å². The van der Waals surface area contributed by atoms with Crippen LogP contribution in [0.4, 0.5) is 5.69 Å². The summed E-state index contributed by atoms with van der Waals surface area (Å²) in [6.45, 7) is 4.20. The lowest BCUT2D eigenvalue weighted by atomic mass is 10.0. The molecule has 0 heterocycles. The van der Waals surface area contributed by atoms with Gasteiger partial charge in [-0.25, -0.2) is 16.8 Å². The highest BCUT2D eigenvalue weighted by atomic mass is 32.2. The number of sulfonamides is 1. The Kier molecular flexibility index (Phi) is 4.84. The van der Waals surface area contributed by atoms with Crippen molar-refractivity contribution in [1.82, 2.24) is 0 Å². The monoisotopic (exact) mass is 333 g/mol. The van der Waals surface area contributed by atoms with Crippen LogP contribution >= 0.6 is 0 Å². The zero-order chi connectivity index (χ0) is 16.5. The number of Topliss-reactive ketones (excluding diaryl/α,β-unsaturated/α-hetero) is 1. The zero-order valence-electron chi connectivity index (χ0n) is 12.4. The number of hydrogen-bond acceptors (Lipinski definition) is 5. The summed E-state index contributed by atoms with van der Waals surface area (Å²) >= 11 is 0. The van der Waals surface area contributed by atoms with Crippen LogP contribution in [0.1, 0.15) is 31.1 Å². The second kappa shape index (κ2) is 5.76. The van der Waals surface area contributed by atoms with Crippen molar-refractivity contribution < 1.29 is 21.6 Å². The summed E-state index contributed by atoms with van der Waals surface area (Å²) in [7, 11) is -6.94. The van der Waals surface area contributed by atoms with Gasteiger partial charge in [-0.3, -0.25) is 9.52 Å². The second-order valence-electron chi connectivity index (χ2n) is 5.19. The molecule has 0 saturated heterocycles. The van der Waals surface area contributed by atoms with E-state index in [0.29, 0.717) is 5.69 Å². The maximum absolute atomic E-state index is 12.2. The standard InChI is InChI=1S/C13H19NO5S2/c1-5-21(18,19)14-11-8-6-10(7-9-11)12(15)13(2,3)20(4,16)17/h6-9,14H,5H2,1-4H3. The molecule has 0 amide bonds. The van der Waals surface area contributed by atoms with Gasteiger partial charge in [-0.05, 0) is 45.0 Å². The number of ketones is 1. The molecule has 0 radical (unpaired) electrons. The Labute approximate surface area is 125 Å². The van der Waals surface area contributed by atoms with E-state index in [1.165, 1.54) is 45.0 Å². The van der Waals surface area contributed by atoms with Gasteiger partial charge < -0.3 is 0 Å². The van der Waals surface area contributed by atoms with Crippen LogP contribution in [0.15, 0.2) is 24.3 Å². The van der Waals surface area contributed by atoms with E-state index < -0.39 is 30.4 Å². The van der Waals surface area contributed by atoms with Crippen molar-refractivity contribution in [3.63, 3.8) is 0 Å². The Balaban J connectivity index is 3.07. The smallest absolute Gasteiger partial charge is 0.232 e. The molecule has 0 unspecified atom stereocenters. The summed E-state index contributed by atoms with van der Waals surface area (Å²) in [6.07, 6.45) is 1.01. The van der Waals surface area contributed by atoms with Gasteiger partial charge in [-0.15, -0.1) is 0 Å². The van der Waals surface area contributed by atoms with E-state index in [9.17, 15) is 21.6 Å². The molecule has 1 aromatic carbocycles. The van der Waals surface area contributed by atoms with E-state index in [4.69, 9.17) is 0 Å². The summed E-state index contributed by atoms with van der Waals surface area (Å²) in [4.78, 5) is 12.2. The Morgan fingerprint density at radius 1 is 1.10 bits per heavy atom. The lowest BCUT2D eigenvalue weighted by Gasteiger charge is -2.21. The number of sulfone groups is 1. The van der Waals surface area contributed by atoms with E-state index in [2.05, 4.69) is 4.72 Å². The molecule has 21 heavy (non-hydrogen) atoms. The van der Waals surface area contributed by atoms with Crippen molar-refractivity contribution in [3.8, 4) is 0 Å². The summed E-state index contributed by atoms with van der Waals surface area (Å²) in [5.41, 5.74) is 0.537. The van der Waals surface area contributed by atoms with Crippen LogP contribution in [0.25, 0.3) is 0 Å². The number of benzene rings is 1. The SMILES string of the molecule is CCS(=O)(=O)Nc1ccc(C(=O)C(C)(C)S(C)(=O)=O)cc1. The number of hydrogen-bond donors (Lipinski definition) is 1. The van der Waals surface area contributed by atoms with Gasteiger partial charge in [0.15, 0.2) is 15.6 Å². The predicted molar refractivity (Wildman–Crippen MR) is 82.8 cm³/mol. The minimum Gasteiger partial charge on any atom is -0.292 e. The third-order valence-corrected chi connectivity index (χ3v) is 6.62. The van der Waals surface area contributed by atoms with Gasteiger partial charge in [0.25, 0.3) is 0 Å². The average Bonchev–Trinajstić information content (AvgIpc) is 2.37. The summed E-state index contributed by atoms with van der Waals surface area (Å²) in [5, 5.41) is 0. The predicted octanol–water partition coefficient (Wildman–Crippen LogP) is 1.45. The third-order valence-electron chi connectivity index (χ3n) is 3.27. The average molecular weight is 333 g/mol. The molecule has 6 nitrogen and oxygen atoms in total. The molecule has 8 heteroatoms. The maximum atomic E-state index is 12.2. The van der Waals surface area contributed by atoms with Gasteiger partial charge in [0.05, 0.1) is 5.75 Å². The van der Waals surface area contributed by atoms with Gasteiger partial charge in [0.2, 0.25) is 10.0 Å². The largest absolute Gasteiger partial charge is 0.292 e. The number of carbonyl (C=O) groups is 1. The highest BCUT2D eigenvalue weighted by molar-refractivity contribution is 7.93. The van der Waals surface area contributed by atoms with Gasteiger partial charge in [0, 0.05) is 17.5 Å². The molecule has 118 valence electrons. The molecule has 1 aromatic rings. The van der Waals surface area contributed by atoms with Crippen molar-refractivity contribution in [2.24, 2.45) is 0 Å². The normalized spacial score (nSPS) is 13.0. The lowest BCUT2D eigenvalue weighted by Crippen LogP contribution is -2.39. The quantitative estimate of drug-likeness (QED) is 0.795. The highest BCUT2D eigenvalue weighted by Crippen LogP contribution is 2.22. The number of carbonyl (C=O) groups excluding carboxylic acids is 1. The van der Waals surface area contributed by atoms with E-state index in [1.54, 1.807) is 0 Å². The molecular formula is C13H19NO5S2. The second-order valence-corrected chi connectivity index (χ2v) is 9.77. The topological polar surface area (TPSA) is 97.4 Å². The molecule has 0 atom stereocenters. The highest BCUT2D eigenvalue weighted by Gasteiger charge is 2.38. The first-order chi connectivity index (χ1) is 9.40. The van der Waals surface area contributed by atoms with Crippen LogP contribution in [0, 0.1) is 0 Å². The Morgan fingerprint density at radius 3 is 1.95 bits per heavy atom. The fourth-order valence-electron chi connectivity index (χ4n) is 1.46. The third kappa shape index (κ3) is 4.04. The molecule has 0 aliphatic carbocycles. The summed E-state index contributed by atoms with van der Waals surface area (Å²) < 4.78 is 47.0. The minimum absolute atomic E-state index is 0.0607. The molecule has 1 rings (SSSR count). The van der Waals surface area contributed by atoms with Crippen molar-refractivity contribution in [2.75, 3.05) is 16.7 Å². The fourth-order valence-corrected chi connectivity index (χ4v) is 2.55. The molecule has 0 aliphatic rings. The molecule has 1 N–H and O–H groups in total. The first-order valence-corrected chi connectivity index (χ1v) is 9.80. The number of anilines is 1. The van der Waals surface area contributed by atoms with Crippen molar-refractivity contribution in [3.05, 3.63) is 29.8 Å². The minimum atomic E-state index is -3.55. The first kappa shape index (κ1) is 17.6. The molecule has 0 fully saturated rings. The zero-order valence-corrected chi connectivity index (χ0v) is 14.0. The van der Waals surface area contributed by atoms with Crippen LogP contribution in [-0.2, 0) is 19.9 Å².